The summed E-state index contributed by atoms with van der Waals surface area (Å²) in [6.07, 6.45) is 0.693. The standard InChI is InChI=1S/C14H20Cl3NO/c1-10(2)9-18-4-6-19-5-3-12-13(16)7-11(15)8-14(12)17/h7-8,10,18H,3-6,9H2,1-2H3. The lowest BCUT2D eigenvalue weighted by atomic mass is 10.1. The topological polar surface area (TPSA) is 21.3 Å². The maximum Gasteiger partial charge on any atom is 0.0591 e. The molecule has 0 atom stereocenters. The molecule has 0 aliphatic heterocycles. The highest BCUT2D eigenvalue weighted by atomic mass is 35.5. The van der Waals surface area contributed by atoms with Gasteiger partial charge in [-0.15, -0.1) is 0 Å². The van der Waals surface area contributed by atoms with Gasteiger partial charge in [-0.1, -0.05) is 48.7 Å². The van der Waals surface area contributed by atoms with E-state index in [1.807, 2.05) is 0 Å². The summed E-state index contributed by atoms with van der Waals surface area (Å²) in [5.74, 6) is 0.659. The van der Waals surface area contributed by atoms with Gasteiger partial charge in [0.1, 0.15) is 0 Å². The highest BCUT2D eigenvalue weighted by Gasteiger charge is 2.07. The van der Waals surface area contributed by atoms with Gasteiger partial charge in [-0.3, -0.25) is 0 Å². The predicted molar refractivity (Wildman–Crippen MR) is 83.7 cm³/mol. The van der Waals surface area contributed by atoms with E-state index in [-0.39, 0.29) is 0 Å². The third-order valence-electron chi connectivity index (χ3n) is 2.58. The lowest BCUT2D eigenvalue weighted by molar-refractivity contribution is 0.138. The van der Waals surface area contributed by atoms with Crippen LogP contribution < -0.4 is 5.32 Å². The lowest BCUT2D eigenvalue weighted by Gasteiger charge is -2.10. The van der Waals surface area contributed by atoms with Gasteiger partial charge in [-0.2, -0.15) is 0 Å². The fourth-order valence-electron chi connectivity index (χ4n) is 1.62. The van der Waals surface area contributed by atoms with E-state index < -0.39 is 0 Å². The summed E-state index contributed by atoms with van der Waals surface area (Å²) >= 11 is 18.0. The third-order valence-corrected chi connectivity index (χ3v) is 3.47. The number of benzene rings is 1. The average molecular weight is 325 g/mol. The van der Waals surface area contributed by atoms with Crippen LogP contribution in [0.25, 0.3) is 0 Å². The minimum absolute atomic E-state index is 0.553. The van der Waals surface area contributed by atoms with Crippen LogP contribution in [0.3, 0.4) is 0 Å². The molecular formula is C14H20Cl3NO. The number of hydrogen-bond donors (Lipinski definition) is 1. The van der Waals surface area contributed by atoms with Crippen LogP contribution in [0.15, 0.2) is 12.1 Å². The number of halogens is 3. The van der Waals surface area contributed by atoms with E-state index in [1.165, 1.54) is 0 Å². The van der Waals surface area contributed by atoms with Gasteiger partial charge in [0.2, 0.25) is 0 Å². The van der Waals surface area contributed by atoms with Crippen molar-refractivity contribution in [1.82, 2.24) is 5.32 Å². The molecule has 0 saturated carbocycles. The predicted octanol–water partition coefficient (Wildman–Crippen LogP) is 4.45. The molecule has 0 unspecified atom stereocenters. The highest BCUT2D eigenvalue weighted by molar-refractivity contribution is 6.39. The highest BCUT2D eigenvalue weighted by Crippen LogP contribution is 2.29. The molecule has 0 spiro atoms. The van der Waals surface area contributed by atoms with Crippen molar-refractivity contribution < 1.29 is 4.74 Å². The van der Waals surface area contributed by atoms with Gasteiger partial charge < -0.3 is 10.1 Å². The number of hydrogen-bond acceptors (Lipinski definition) is 2. The first kappa shape index (κ1) is 17.1. The van der Waals surface area contributed by atoms with Crippen molar-refractivity contribution in [2.45, 2.75) is 20.3 Å². The first-order chi connectivity index (χ1) is 9.00. The van der Waals surface area contributed by atoms with Gasteiger partial charge in [0.15, 0.2) is 0 Å². The second-order valence-corrected chi connectivity index (χ2v) is 6.06. The minimum Gasteiger partial charge on any atom is -0.380 e. The van der Waals surface area contributed by atoms with E-state index in [1.54, 1.807) is 12.1 Å². The van der Waals surface area contributed by atoms with Gasteiger partial charge in [-0.05, 0) is 36.6 Å². The van der Waals surface area contributed by atoms with E-state index in [4.69, 9.17) is 39.5 Å². The molecule has 5 heteroatoms. The summed E-state index contributed by atoms with van der Waals surface area (Å²) in [5.41, 5.74) is 0.892. The van der Waals surface area contributed by atoms with Gasteiger partial charge in [0, 0.05) is 21.6 Å². The Balaban J connectivity index is 2.23. The molecule has 0 bridgehead atoms. The maximum atomic E-state index is 6.10. The molecule has 0 amide bonds. The molecule has 1 aromatic rings. The quantitative estimate of drug-likeness (QED) is 0.713. The SMILES string of the molecule is CC(C)CNCCOCCc1c(Cl)cc(Cl)cc1Cl. The van der Waals surface area contributed by atoms with Crippen LogP contribution in [0.1, 0.15) is 19.4 Å². The van der Waals surface area contributed by atoms with Crippen LogP contribution >= 0.6 is 34.8 Å². The maximum absolute atomic E-state index is 6.10. The molecule has 0 fully saturated rings. The fraction of sp³-hybridized carbons (Fsp3) is 0.571. The monoisotopic (exact) mass is 323 g/mol. The molecule has 108 valence electrons. The van der Waals surface area contributed by atoms with Crippen LogP contribution in [-0.4, -0.2) is 26.3 Å². The fourth-order valence-corrected chi connectivity index (χ4v) is 2.63. The molecule has 19 heavy (non-hydrogen) atoms. The van der Waals surface area contributed by atoms with Crippen LogP contribution in [0, 0.1) is 5.92 Å². The molecule has 0 radical (unpaired) electrons. The summed E-state index contributed by atoms with van der Waals surface area (Å²) in [6.45, 7) is 7.52. The first-order valence-corrected chi connectivity index (χ1v) is 7.56. The Morgan fingerprint density at radius 1 is 1.11 bits per heavy atom. The zero-order valence-corrected chi connectivity index (χ0v) is 13.6. The first-order valence-electron chi connectivity index (χ1n) is 6.42. The van der Waals surface area contributed by atoms with Gasteiger partial charge in [0.25, 0.3) is 0 Å². The summed E-state index contributed by atoms with van der Waals surface area (Å²) in [5, 5.41) is 5.07. The summed E-state index contributed by atoms with van der Waals surface area (Å²) in [4.78, 5) is 0. The van der Waals surface area contributed by atoms with Crippen LogP contribution in [0.2, 0.25) is 15.1 Å². The molecule has 0 aromatic heterocycles. The van der Waals surface area contributed by atoms with E-state index >= 15 is 0 Å². The van der Waals surface area contributed by atoms with E-state index in [2.05, 4.69) is 19.2 Å². The Morgan fingerprint density at radius 2 is 1.74 bits per heavy atom. The molecular weight excluding hydrogens is 305 g/mol. The van der Waals surface area contributed by atoms with Gasteiger partial charge >= 0.3 is 0 Å². The molecule has 0 saturated heterocycles. The largest absolute Gasteiger partial charge is 0.380 e. The number of rotatable bonds is 8. The smallest absolute Gasteiger partial charge is 0.0591 e. The Morgan fingerprint density at radius 3 is 2.32 bits per heavy atom. The van der Waals surface area contributed by atoms with Crippen molar-refractivity contribution in [1.29, 1.82) is 0 Å². The van der Waals surface area contributed by atoms with Crippen molar-refractivity contribution in [3.05, 3.63) is 32.8 Å². The van der Waals surface area contributed by atoms with Gasteiger partial charge in [-0.25, -0.2) is 0 Å². The Bertz CT molecular complexity index is 373. The van der Waals surface area contributed by atoms with E-state index in [9.17, 15) is 0 Å². The van der Waals surface area contributed by atoms with Crippen LogP contribution in [0.5, 0.6) is 0 Å². The summed E-state index contributed by atoms with van der Waals surface area (Å²) in [6, 6.07) is 3.41. The van der Waals surface area contributed by atoms with E-state index in [0.29, 0.717) is 40.6 Å². The number of ether oxygens (including phenoxy) is 1. The molecule has 0 aliphatic rings. The second kappa shape index (κ2) is 9.04. The second-order valence-electron chi connectivity index (χ2n) is 4.81. The molecule has 0 heterocycles. The average Bonchev–Trinajstić information content (AvgIpc) is 2.30. The van der Waals surface area contributed by atoms with E-state index in [0.717, 1.165) is 18.7 Å². The Labute approximate surface area is 130 Å². The van der Waals surface area contributed by atoms with Crippen LogP contribution in [0.4, 0.5) is 0 Å². The molecule has 2 nitrogen and oxygen atoms in total. The van der Waals surface area contributed by atoms with Crippen LogP contribution in [-0.2, 0) is 11.2 Å². The number of nitrogens with one attached hydrogen (secondary N) is 1. The Kier molecular flexibility index (Phi) is 8.12. The summed E-state index contributed by atoms with van der Waals surface area (Å²) < 4.78 is 5.55. The third kappa shape index (κ3) is 6.82. The van der Waals surface area contributed by atoms with Crippen molar-refractivity contribution >= 4 is 34.8 Å². The zero-order valence-electron chi connectivity index (χ0n) is 11.3. The molecule has 0 aliphatic carbocycles. The Hall–Kier alpha value is 0.01000. The molecule has 1 N–H and O–H groups in total. The molecule has 1 aromatic carbocycles. The van der Waals surface area contributed by atoms with Crippen molar-refractivity contribution in [2.24, 2.45) is 5.92 Å². The lowest BCUT2D eigenvalue weighted by Crippen LogP contribution is -2.24. The van der Waals surface area contributed by atoms with Crippen molar-refractivity contribution in [2.75, 3.05) is 26.3 Å². The minimum atomic E-state index is 0.553. The zero-order chi connectivity index (χ0) is 14.3. The van der Waals surface area contributed by atoms with Crippen molar-refractivity contribution in [3.8, 4) is 0 Å². The van der Waals surface area contributed by atoms with Gasteiger partial charge in [0.05, 0.1) is 13.2 Å². The summed E-state index contributed by atoms with van der Waals surface area (Å²) in [7, 11) is 0. The van der Waals surface area contributed by atoms with Crippen molar-refractivity contribution in [3.63, 3.8) is 0 Å². The normalized spacial score (nSPS) is 11.3. The molecule has 1 rings (SSSR count).